The zero-order valence-electron chi connectivity index (χ0n) is 16.0. The van der Waals surface area contributed by atoms with E-state index >= 15 is 0 Å². The van der Waals surface area contributed by atoms with Crippen molar-refractivity contribution < 1.29 is 9.26 Å². The Morgan fingerprint density at radius 1 is 1.04 bits per heavy atom. The molecule has 0 unspecified atom stereocenters. The first kappa shape index (κ1) is 17.8. The fourth-order valence-corrected chi connectivity index (χ4v) is 3.97. The number of rotatable bonds is 6. The molecular weight excluding hydrogens is 336 g/mol. The summed E-state index contributed by atoms with van der Waals surface area (Å²) < 4.78 is 11.3. The maximum Gasteiger partial charge on any atom is 0.138 e. The second-order valence-electron chi connectivity index (χ2n) is 7.28. The topological polar surface area (TPSA) is 38.5 Å². The molecule has 1 aromatic heterocycles. The Kier molecular flexibility index (Phi) is 5.26. The number of aromatic nitrogens is 1. The highest BCUT2D eigenvalue weighted by Gasteiger charge is 2.30. The predicted molar refractivity (Wildman–Crippen MR) is 106 cm³/mol. The van der Waals surface area contributed by atoms with E-state index in [1.165, 1.54) is 29.5 Å². The first-order valence-corrected chi connectivity index (χ1v) is 9.63. The SMILES string of the molecule is Cc1noc(C)c1[C@H]1CCCN1Cc1ccc(OCc2ccccc2)cc1. The lowest BCUT2D eigenvalue weighted by atomic mass is 10.0. The molecule has 1 aliphatic rings. The van der Waals surface area contributed by atoms with Crippen molar-refractivity contribution in [2.45, 2.75) is 45.9 Å². The van der Waals surface area contributed by atoms with Crippen LogP contribution in [-0.4, -0.2) is 16.6 Å². The van der Waals surface area contributed by atoms with Gasteiger partial charge < -0.3 is 9.26 Å². The molecule has 0 amide bonds. The highest BCUT2D eigenvalue weighted by molar-refractivity contribution is 5.29. The van der Waals surface area contributed by atoms with Gasteiger partial charge in [-0.05, 0) is 56.5 Å². The van der Waals surface area contributed by atoms with Crippen LogP contribution < -0.4 is 4.74 Å². The van der Waals surface area contributed by atoms with E-state index in [9.17, 15) is 0 Å². The molecule has 3 aromatic rings. The smallest absolute Gasteiger partial charge is 0.138 e. The van der Waals surface area contributed by atoms with E-state index in [2.05, 4.69) is 46.5 Å². The van der Waals surface area contributed by atoms with Crippen LogP contribution in [0.2, 0.25) is 0 Å². The van der Waals surface area contributed by atoms with Gasteiger partial charge in [-0.1, -0.05) is 47.6 Å². The van der Waals surface area contributed by atoms with Crippen molar-refractivity contribution in [3.05, 3.63) is 82.7 Å². The van der Waals surface area contributed by atoms with Gasteiger partial charge in [0.05, 0.1) is 5.69 Å². The van der Waals surface area contributed by atoms with E-state index in [1.54, 1.807) is 0 Å². The van der Waals surface area contributed by atoms with Crippen LogP contribution in [-0.2, 0) is 13.2 Å². The Balaban J connectivity index is 1.39. The van der Waals surface area contributed by atoms with Gasteiger partial charge in [0, 0.05) is 18.2 Å². The molecule has 1 saturated heterocycles. The lowest BCUT2D eigenvalue weighted by molar-refractivity contribution is 0.245. The third kappa shape index (κ3) is 4.06. The first-order chi connectivity index (χ1) is 13.2. The van der Waals surface area contributed by atoms with Crippen LogP contribution in [0.15, 0.2) is 59.1 Å². The zero-order chi connectivity index (χ0) is 18.6. The van der Waals surface area contributed by atoms with Crippen molar-refractivity contribution in [1.29, 1.82) is 0 Å². The summed E-state index contributed by atoms with van der Waals surface area (Å²) in [5.74, 6) is 1.86. The van der Waals surface area contributed by atoms with Crippen LogP contribution in [0.1, 0.15) is 47.0 Å². The zero-order valence-corrected chi connectivity index (χ0v) is 16.0. The lowest BCUT2D eigenvalue weighted by Gasteiger charge is -2.24. The third-order valence-corrected chi connectivity index (χ3v) is 5.34. The molecule has 1 atom stereocenters. The van der Waals surface area contributed by atoms with E-state index in [0.29, 0.717) is 12.6 Å². The molecule has 0 bridgehead atoms. The second kappa shape index (κ2) is 7.97. The summed E-state index contributed by atoms with van der Waals surface area (Å²) in [6, 6.07) is 19.1. The number of hydrogen-bond donors (Lipinski definition) is 0. The Bertz CT molecular complexity index is 852. The fourth-order valence-electron chi connectivity index (χ4n) is 3.97. The Morgan fingerprint density at radius 2 is 1.81 bits per heavy atom. The highest BCUT2D eigenvalue weighted by Crippen LogP contribution is 2.36. The molecule has 0 aliphatic carbocycles. The van der Waals surface area contributed by atoms with E-state index in [4.69, 9.17) is 9.26 Å². The van der Waals surface area contributed by atoms with Crippen LogP contribution in [0.4, 0.5) is 0 Å². The largest absolute Gasteiger partial charge is 0.489 e. The summed E-state index contributed by atoms with van der Waals surface area (Å²) in [7, 11) is 0. The summed E-state index contributed by atoms with van der Waals surface area (Å²) >= 11 is 0. The van der Waals surface area contributed by atoms with Gasteiger partial charge in [-0.3, -0.25) is 4.90 Å². The summed E-state index contributed by atoms with van der Waals surface area (Å²) in [6.07, 6.45) is 2.38. The molecule has 1 fully saturated rings. The predicted octanol–water partition coefficient (Wildman–Crippen LogP) is 5.21. The van der Waals surface area contributed by atoms with Crippen LogP contribution in [0.25, 0.3) is 0 Å². The minimum Gasteiger partial charge on any atom is -0.489 e. The average Bonchev–Trinajstić information content (AvgIpc) is 3.27. The molecule has 4 heteroatoms. The molecule has 0 spiro atoms. The number of aryl methyl sites for hydroxylation is 2. The molecule has 0 saturated carbocycles. The van der Waals surface area contributed by atoms with Crippen molar-refractivity contribution in [2.75, 3.05) is 6.54 Å². The fraction of sp³-hybridized carbons (Fsp3) is 0.348. The summed E-state index contributed by atoms with van der Waals surface area (Å²) in [5, 5.41) is 4.14. The van der Waals surface area contributed by atoms with Gasteiger partial charge in [0.2, 0.25) is 0 Å². The van der Waals surface area contributed by atoms with Gasteiger partial charge in [-0.2, -0.15) is 0 Å². The van der Waals surface area contributed by atoms with E-state index < -0.39 is 0 Å². The number of nitrogens with zero attached hydrogens (tertiary/aromatic N) is 2. The molecule has 2 heterocycles. The third-order valence-electron chi connectivity index (χ3n) is 5.34. The van der Waals surface area contributed by atoms with Gasteiger partial charge in [0.25, 0.3) is 0 Å². The van der Waals surface area contributed by atoms with E-state index in [1.807, 2.05) is 32.0 Å². The highest BCUT2D eigenvalue weighted by atomic mass is 16.5. The molecule has 0 radical (unpaired) electrons. The molecular formula is C23H26N2O2. The standard InChI is InChI=1S/C23H26N2O2/c1-17-23(18(2)27-24-17)22-9-6-14-25(22)15-19-10-12-21(13-11-19)26-16-20-7-4-3-5-8-20/h3-5,7-8,10-13,22H,6,9,14-16H2,1-2H3/t22-/m1/s1. The molecule has 1 aliphatic heterocycles. The molecule has 0 N–H and O–H groups in total. The van der Waals surface area contributed by atoms with Crippen LogP contribution in [0.5, 0.6) is 5.75 Å². The number of likely N-dealkylation sites (tertiary alicyclic amines) is 1. The number of hydrogen-bond acceptors (Lipinski definition) is 4. The summed E-state index contributed by atoms with van der Waals surface area (Å²) in [5.41, 5.74) is 4.78. The van der Waals surface area contributed by atoms with Gasteiger partial charge in [-0.25, -0.2) is 0 Å². The van der Waals surface area contributed by atoms with Crippen LogP contribution in [0, 0.1) is 13.8 Å². The average molecular weight is 362 g/mol. The van der Waals surface area contributed by atoms with Crippen LogP contribution >= 0.6 is 0 Å². The minimum absolute atomic E-state index is 0.408. The van der Waals surface area contributed by atoms with Crippen molar-refractivity contribution in [3.63, 3.8) is 0 Å². The van der Waals surface area contributed by atoms with Gasteiger partial charge >= 0.3 is 0 Å². The Hall–Kier alpha value is -2.59. The van der Waals surface area contributed by atoms with Gasteiger partial charge in [0.15, 0.2) is 0 Å². The van der Waals surface area contributed by atoms with Crippen molar-refractivity contribution in [1.82, 2.24) is 10.1 Å². The Morgan fingerprint density at radius 3 is 2.52 bits per heavy atom. The maximum atomic E-state index is 5.89. The monoisotopic (exact) mass is 362 g/mol. The van der Waals surface area contributed by atoms with E-state index in [0.717, 1.165) is 30.3 Å². The lowest BCUT2D eigenvalue weighted by Crippen LogP contribution is -2.23. The van der Waals surface area contributed by atoms with Gasteiger partial charge in [0.1, 0.15) is 18.1 Å². The van der Waals surface area contributed by atoms with E-state index in [-0.39, 0.29) is 0 Å². The van der Waals surface area contributed by atoms with Crippen molar-refractivity contribution in [3.8, 4) is 5.75 Å². The first-order valence-electron chi connectivity index (χ1n) is 9.63. The minimum atomic E-state index is 0.408. The number of benzene rings is 2. The number of ether oxygens (including phenoxy) is 1. The summed E-state index contributed by atoms with van der Waals surface area (Å²) in [6.45, 7) is 6.71. The summed E-state index contributed by atoms with van der Waals surface area (Å²) in [4.78, 5) is 2.53. The molecule has 4 nitrogen and oxygen atoms in total. The molecule has 4 rings (SSSR count). The molecule has 140 valence electrons. The second-order valence-corrected chi connectivity index (χ2v) is 7.28. The van der Waals surface area contributed by atoms with Crippen molar-refractivity contribution in [2.24, 2.45) is 0 Å². The Labute approximate surface area is 160 Å². The quantitative estimate of drug-likeness (QED) is 0.603. The van der Waals surface area contributed by atoms with Crippen LogP contribution in [0.3, 0.4) is 0 Å². The van der Waals surface area contributed by atoms with Gasteiger partial charge in [-0.15, -0.1) is 0 Å². The molecule has 2 aromatic carbocycles. The molecule has 27 heavy (non-hydrogen) atoms. The normalized spacial score (nSPS) is 17.3. The maximum absolute atomic E-state index is 5.89. The van der Waals surface area contributed by atoms with Crippen molar-refractivity contribution >= 4 is 0 Å².